The second-order valence-electron chi connectivity index (χ2n) is 4.11. The molecule has 0 bridgehead atoms. The molecule has 0 saturated carbocycles. The molecule has 0 saturated heterocycles. The van der Waals surface area contributed by atoms with E-state index in [9.17, 15) is 18.0 Å². The third-order valence-corrected chi connectivity index (χ3v) is 2.58. The number of halogens is 3. The highest BCUT2D eigenvalue weighted by atomic mass is 19.4. The first-order chi connectivity index (χ1) is 9.29. The van der Waals surface area contributed by atoms with Crippen molar-refractivity contribution in [1.29, 1.82) is 0 Å². The number of fused-ring (bicyclic) bond motifs is 1. The van der Waals surface area contributed by atoms with Crippen molar-refractivity contribution >= 4 is 22.7 Å². The maximum Gasteiger partial charge on any atom is 0.451 e. The van der Waals surface area contributed by atoms with Gasteiger partial charge in [-0.2, -0.15) is 13.2 Å². The minimum atomic E-state index is -4.70. The van der Waals surface area contributed by atoms with Crippen LogP contribution in [0.3, 0.4) is 0 Å². The van der Waals surface area contributed by atoms with E-state index < -0.39 is 24.0 Å². The molecule has 0 aliphatic rings. The summed E-state index contributed by atoms with van der Waals surface area (Å²) in [4.78, 5) is 17.6. The van der Waals surface area contributed by atoms with Crippen LogP contribution in [0.1, 0.15) is 12.7 Å². The summed E-state index contributed by atoms with van der Waals surface area (Å²) >= 11 is 0. The summed E-state index contributed by atoms with van der Waals surface area (Å²) in [7, 11) is 0. The fourth-order valence-electron chi connectivity index (χ4n) is 1.58. The molecule has 106 valence electrons. The van der Waals surface area contributed by atoms with Crippen molar-refractivity contribution in [2.75, 3.05) is 5.32 Å². The molecule has 5 nitrogen and oxygen atoms in total. The number of nitrogens with one attached hydrogen (secondary N) is 1. The van der Waals surface area contributed by atoms with E-state index >= 15 is 0 Å². The van der Waals surface area contributed by atoms with Gasteiger partial charge in [-0.1, -0.05) is 12.1 Å². The van der Waals surface area contributed by atoms with E-state index in [0.29, 0.717) is 5.39 Å². The maximum atomic E-state index is 12.7. The lowest BCUT2D eigenvalue weighted by molar-refractivity contribution is -0.144. The molecule has 20 heavy (non-hydrogen) atoms. The number of alkyl halides is 3. The fourth-order valence-corrected chi connectivity index (χ4v) is 1.58. The minimum Gasteiger partial charge on any atom is -0.480 e. The molecular weight excluding hydrogens is 275 g/mol. The van der Waals surface area contributed by atoms with Crippen LogP contribution >= 0.6 is 0 Å². The predicted molar refractivity (Wildman–Crippen MR) is 65.3 cm³/mol. The van der Waals surface area contributed by atoms with Crippen molar-refractivity contribution in [2.45, 2.75) is 19.1 Å². The molecule has 0 aliphatic heterocycles. The smallest absolute Gasteiger partial charge is 0.451 e. The molecule has 0 fully saturated rings. The molecular formula is C12H10F3N3O2. The van der Waals surface area contributed by atoms with Gasteiger partial charge in [-0.25, -0.2) is 9.97 Å². The molecule has 8 heteroatoms. The third-order valence-electron chi connectivity index (χ3n) is 2.58. The zero-order valence-electron chi connectivity index (χ0n) is 10.3. The standard InChI is InChI=1S/C12H10F3N3O2/c1-6(10(19)20)16-9-7-4-2-3-5-8(7)17-11(18-9)12(13,14)15/h2-6H,1H3,(H,19,20)(H,16,17,18)/t6-/m0/s1. The molecule has 1 heterocycles. The first kappa shape index (κ1) is 14.0. The molecule has 2 N–H and O–H groups in total. The summed E-state index contributed by atoms with van der Waals surface area (Å²) in [5.41, 5.74) is 0.0925. The number of nitrogens with zero attached hydrogens (tertiary/aromatic N) is 2. The van der Waals surface area contributed by atoms with Gasteiger partial charge in [0, 0.05) is 5.39 Å². The van der Waals surface area contributed by atoms with Crippen LogP contribution in [-0.2, 0) is 11.0 Å². The molecule has 1 atom stereocenters. The van der Waals surface area contributed by atoms with E-state index in [1.165, 1.54) is 19.1 Å². The predicted octanol–water partition coefficient (Wildman–Crippen LogP) is 2.53. The Morgan fingerprint density at radius 1 is 1.30 bits per heavy atom. The van der Waals surface area contributed by atoms with Crippen molar-refractivity contribution in [1.82, 2.24) is 9.97 Å². The highest BCUT2D eigenvalue weighted by Gasteiger charge is 2.35. The Kier molecular flexibility index (Phi) is 3.47. The summed E-state index contributed by atoms with van der Waals surface area (Å²) in [5, 5.41) is 11.6. The lowest BCUT2D eigenvalue weighted by Gasteiger charge is -2.14. The van der Waals surface area contributed by atoms with Gasteiger partial charge in [-0.15, -0.1) is 0 Å². The van der Waals surface area contributed by atoms with Gasteiger partial charge >= 0.3 is 12.1 Å². The summed E-state index contributed by atoms with van der Waals surface area (Å²) in [6.07, 6.45) is -4.70. The summed E-state index contributed by atoms with van der Waals surface area (Å²) in [5.74, 6) is -2.66. The second-order valence-corrected chi connectivity index (χ2v) is 4.11. The van der Waals surface area contributed by atoms with E-state index in [1.807, 2.05) is 0 Å². The lowest BCUT2D eigenvalue weighted by Crippen LogP contribution is -2.26. The van der Waals surface area contributed by atoms with Gasteiger partial charge < -0.3 is 10.4 Å². The number of aliphatic carboxylic acids is 1. The van der Waals surface area contributed by atoms with Gasteiger partial charge in [0.15, 0.2) is 0 Å². The van der Waals surface area contributed by atoms with Gasteiger partial charge in [0.1, 0.15) is 11.9 Å². The number of hydrogen-bond acceptors (Lipinski definition) is 4. The quantitative estimate of drug-likeness (QED) is 0.906. The van der Waals surface area contributed by atoms with Crippen molar-refractivity contribution in [3.63, 3.8) is 0 Å². The van der Waals surface area contributed by atoms with Gasteiger partial charge in [0.2, 0.25) is 5.82 Å². The molecule has 0 spiro atoms. The molecule has 0 unspecified atom stereocenters. The average Bonchev–Trinajstić information content (AvgIpc) is 2.37. The average molecular weight is 285 g/mol. The molecule has 1 aromatic carbocycles. The van der Waals surface area contributed by atoms with Gasteiger partial charge in [-0.3, -0.25) is 4.79 Å². The second kappa shape index (κ2) is 4.95. The van der Waals surface area contributed by atoms with Crippen molar-refractivity contribution in [3.8, 4) is 0 Å². The van der Waals surface area contributed by atoms with Crippen LogP contribution in [-0.4, -0.2) is 27.1 Å². The van der Waals surface area contributed by atoms with E-state index in [1.54, 1.807) is 12.1 Å². The molecule has 0 radical (unpaired) electrons. The summed E-state index contributed by atoms with van der Waals surface area (Å²) in [6, 6.07) is 5.00. The van der Waals surface area contributed by atoms with Crippen LogP contribution in [0.2, 0.25) is 0 Å². The van der Waals surface area contributed by atoms with Crippen molar-refractivity contribution in [3.05, 3.63) is 30.1 Å². The zero-order chi connectivity index (χ0) is 14.9. The lowest BCUT2D eigenvalue weighted by atomic mass is 10.2. The molecule has 2 aromatic rings. The van der Waals surface area contributed by atoms with Crippen LogP contribution in [0.25, 0.3) is 10.9 Å². The number of hydrogen-bond donors (Lipinski definition) is 2. The Labute approximate surface area is 111 Å². The van der Waals surface area contributed by atoms with E-state index in [4.69, 9.17) is 5.11 Å². The SMILES string of the molecule is C[C@H](Nc1nc(C(F)(F)F)nc2ccccc12)C(=O)O. The van der Waals surface area contributed by atoms with Crippen molar-refractivity contribution < 1.29 is 23.1 Å². The topological polar surface area (TPSA) is 75.1 Å². The normalized spacial score (nSPS) is 13.2. The summed E-state index contributed by atoms with van der Waals surface area (Å²) < 4.78 is 38.2. The van der Waals surface area contributed by atoms with E-state index in [2.05, 4.69) is 15.3 Å². The summed E-state index contributed by atoms with van der Waals surface area (Å²) in [6.45, 7) is 1.31. The van der Waals surface area contributed by atoms with E-state index in [0.717, 1.165) is 0 Å². The van der Waals surface area contributed by atoms with Gasteiger partial charge in [-0.05, 0) is 19.1 Å². The van der Waals surface area contributed by atoms with Crippen LogP contribution in [0, 0.1) is 0 Å². The van der Waals surface area contributed by atoms with Gasteiger partial charge in [0.25, 0.3) is 0 Å². The van der Waals surface area contributed by atoms with Crippen LogP contribution in [0.5, 0.6) is 0 Å². The number of rotatable bonds is 3. The first-order valence-electron chi connectivity index (χ1n) is 5.62. The highest BCUT2D eigenvalue weighted by molar-refractivity contribution is 5.90. The number of carboxylic acid groups (broad SMARTS) is 1. The largest absolute Gasteiger partial charge is 0.480 e. The molecule has 0 amide bonds. The number of carboxylic acids is 1. The Bertz CT molecular complexity index is 658. The fraction of sp³-hybridized carbons (Fsp3) is 0.250. The molecule has 0 aliphatic carbocycles. The van der Waals surface area contributed by atoms with Gasteiger partial charge in [0.05, 0.1) is 5.52 Å². The highest BCUT2D eigenvalue weighted by Crippen LogP contribution is 2.30. The number of benzene rings is 1. The number of anilines is 1. The Morgan fingerprint density at radius 3 is 2.55 bits per heavy atom. The minimum absolute atomic E-state index is 0.0925. The zero-order valence-corrected chi connectivity index (χ0v) is 10.3. The van der Waals surface area contributed by atoms with Crippen LogP contribution < -0.4 is 5.32 Å². The maximum absolute atomic E-state index is 12.7. The first-order valence-corrected chi connectivity index (χ1v) is 5.62. The number of carbonyl (C=O) groups is 1. The van der Waals surface area contributed by atoms with E-state index in [-0.39, 0.29) is 11.3 Å². The molecule has 1 aromatic heterocycles. The number of para-hydroxylation sites is 1. The van der Waals surface area contributed by atoms with Crippen LogP contribution in [0.15, 0.2) is 24.3 Å². The Hall–Kier alpha value is -2.38. The third kappa shape index (κ3) is 2.79. The van der Waals surface area contributed by atoms with Crippen LogP contribution in [0.4, 0.5) is 19.0 Å². The molecule has 2 rings (SSSR count). The Morgan fingerprint density at radius 2 is 1.95 bits per heavy atom. The van der Waals surface area contributed by atoms with Crippen molar-refractivity contribution in [2.24, 2.45) is 0 Å². The monoisotopic (exact) mass is 285 g/mol. The Balaban J connectivity index is 2.58. The number of aromatic nitrogens is 2.